The van der Waals surface area contributed by atoms with Gasteiger partial charge in [0, 0.05) is 0 Å². The van der Waals surface area contributed by atoms with Crippen LogP contribution in [0.1, 0.15) is 69.8 Å². The van der Waals surface area contributed by atoms with Crippen LogP contribution in [-0.2, 0) is 4.57 Å². The Balaban J connectivity index is 2.01. The van der Waals surface area contributed by atoms with Gasteiger partial charge in [-0.05, 0) is 49.1 Å². The molecule has 0 unspecified atom stereocenters. The summed E-state index contributed by atoms with van der Waals surface area (Å²) in [6.07, 6.45) is 1.53. The number of halogens is 5. The summed E-state index contributed by atoms with van der Waals surface area (Å²) in [5.41, 5.74) is 0.194. The number of alkyl halides is 3. The van der Waals surface area contributed by atoms with Crippen molar-refractivity contribution in [2.75, 3.05) is 12.8 Å². The summed E-state index contributed by atoms with van der Waals surface area (Å²) in [6.45, 7) is 0.926. The van der Waals surface area contributed by atoms with Gasteiger partial charge in [-0.15, -0.1) is 0 Å². The maximum Gasteiger partial charge on any atom is 0.395 e. The molecule has 1 aliphatic carbocycles. The third kappa shape index (κ3) is 8.03. The zero-order valence-corrected chi connectivity index (χ0v) is 18.4. The van der Waals surface area contributed by atoms with Crippen LogP contribution >= 0.6 is 7.60 Å². The van der Waals surface area contributed by atoms with Gasteiger partial charge >= 0.3 is 13.8 Å². The monoisotopic (exact) mass is 472 g/mol. The zero-order valence-electron chi connectivity index (χ0n) is 17.5. The Bertz CT molecular complexity index is 757. The van der Waals surface area contributed by atoms with Crippen LogP contribution < -0.4 is 4.74 Å². The molecule has 178 valence electrons. The van der Waals surface area contributed by atoms with Crippen molar-refractivity contribution >= 4 is 7.60 Å². The Morgan fingerprint density at radius 3 is 2.29 bits per heavy atom. The summed E-state index contributed by atoms with van der Waals surface area (Å²) in [4.78, 5) is 17.7. The average molecular weight is 472 g/mol. The van der Waals surface area contributed by atoms with Crippen molar-refractivity contribution in [1.82, 2.24) is 0 Å². The second-order valence-corrected chi connectivity index (χ2v) is 10.1. The van der Waals surface area contributed by atoms with E-state index in [1.807, 2.05) is 0 Å². The maximum atomic E-state index is 14.6. The second-order valence-electron chi connectivity index (χ2n) is 8.39. The Kier molecular flexibility index (Phi) is 9.34. The van der Waals surface area contributed by atoms with Gasteiger partial charge in [0.15, 0.2) is 11.6 Å². The lowest BCUT2D eigenvalue weighted by atomic mass is 9.77. The molecule has 0 aliphatic heterocycles. The largest absolute Gasteiger partial charge is 0.490 e. The van der Waals surface area contributed by atoms with Crippen LogP contribution in [0.25, 0.3) is 0 Å². The smallest absolute Gasteiger partial charge is 0.395 e. The summed E-state index contributed by atoms with van der Waals surface area (Å²) < 4.78 is 83.7. The van der Waals surface area contributed by atoms with E-state index in [4.69, 9.17) is 14.5 Å². The zero-order chi connectivity index (χ0) is 23.2. The minimum atomic E-state index is -4.97. The highest BCUT2D eigenvalue weighted by Crippen LogP contribution is 2.43. The SMILES string of the molecule is CCCCCC1CCC(c2ccc(OC[C@H](CP(=O)(O)O)C(F)(F)F)c(F)c2F)CC1. The van der Waals surface area contributed by atoms with Crippen LogP contribution in [0.4, 0.5) is 22.0 Å². The number of rotatable bonds is 10. The normalized spacial score (nSPS) is 21.2. The third-order valence-electron chi connectivity index (χ3n) is 5.94. The molecule has 1 aliphatic rings. The Morgan fingerprint density at radius 1 is 1.10 bits per heavy atom. The standard InChI is InChI=1S/C21H30F5O4P/c1-2-3-4-5-14-6-8-15(9-7-14)17-10-11-18(20(23)19(17)22)30-12-16(21(24,25)26)13-31(27,28)29/h10-11,14-16H,2-9,12-13H2,1H3,(H2,27,28,29)/t14?,15?,16-/m1/s1. The van der Waals surface area contributed by atoms with Crippen LogP contribution in [0, 0.1) is 23.5 Å². The van der Waals surface area contributed by atoms with Gasteiger partial charge in [-0.1, -0.05) is 38.7 Å². The molecule has 1 aromatic rings. The molecule has 1 fully saturated rings. The summed E-state index contributed by atoms with van der Waals surface area (Å²) >= 11 is 0. The lowest BCUT2D eigenvalue weighted by Crippen LogP contribution is -2.32. The highest BCUT2D eigenvalue weighted by atomic mass is 31.2. The first-order chi connectivity index (χ1) is 14.4. The second kappa shape index (κ2) is 11.1. The number of ether oxygens (including phenoxy) is 1. The van der Waals surface area contributed by atoms with Gasteiger partial charge in [0.25, 0.3) is 0 Å². The molecule has 0 amide bonds. The molecular formula is C21H30F5O4P. The minimum absolute atomic E-state index is 0.149. The lowest BCUT2D eigenvalue weighted by molar-refractivity contribution is -0.176. The number of hydrogen-bond acceptors (Lipinski definition) is 2. The molecule has 1 atom stereocenters. The van der Waals surface area contributed by atoms with Crippen molar-refractivity contribution in [2.24, 2.45) is 11.8 Å². The quantitative estimate of drug-likeness (QED) is 0.230. The van der Waals surface area contributed by atoms with Gasteiger partial charge < -0.3 is 14.5 Å². The molecule has 2 rings (SSSR count). The van der Waals surface area contributed by atoms with Crippen molar-refractivity contribution in [3.8, 4) is 5.75 Å². The molecule has 4 nitrogen and oxygen atoms in total. The predicted molar refractivity (Wildman–Crippen MR) is 107 cm³/mol. The van der Waals surface area contributed by atoms with Gasteiger partial charge in [0.05, 0.1) is 6.16 Å². The predicted octanol–water partition coefficient (Wildman–Crippen LogP) is 6.55. The van der Waals surface area contributed by atoms with Crippen LogP contribution in [0.15, 0.2) is 12.1 Å². The summed E-state index contributed by atoms with van der Waals surface area (Å²) in [7, 11) is -4.97. The first-order valence-corrected chi connectivity index (χ1v) is 12.4. The van der Waals surface area contributed by atoms with Crippen LogP contribution in [0.3, 0.4) is 0 Å². The Hall–Kier alpha value is -1.18. The fourth-order valence-electron chi connectivity index (χ4n) is 4.15. The molecule has 0 bridgehead atoms. The molecule has 10 heteroatoms. The minimum Gasteiger partial charge on any atom is -0.490 e. The topological polar surface area (TPSA) is 66.8 Å². The molecule has 0 radical (unpaired) electrons. The van der Waals surface area contributed by atoms with Gasteiger partial charge in [0.1, 0.15) is 12.5 Å². The van der Waals surface area contributed by atoms with E-state index in [-0.39, 0.29) is 11.5 Å². The van der Waals surface area contributed by atoms with Crippen molar-refractivity contribution in [3.63, 3.8) is 0 Å². The van der Waals surface area contributed by atoms with Crippen molar-refractivity contribution < 1.29 is 41.0 Å². The molecular weight excluding hydrogens is 442 g/mol. The van der Waals surface area contributed by atoms with E-state index in [1.54, 1.807) is 0 Å². The number of unbranched alkanes of at least 4 members (excludes halogenated alkanes) is 2. The fraction of sp³-hybridized carbons (Fsp3) is 0.714. The third-order valence-corrected chi connectivity index (χ3v) is 6.86. The van der Waals surface area contributed by atoms with E-state index in [0.29, 0.717) is 5.92 Å². The highest BCUT2D eigenvalue weighted by molar-refractivity contribution is 7.51. The van der Waals surface area contributed by atoms with Crippen molar-refractivity contribution in [2.45, 2.75) is 70.4 Å². The summed E-state index contributed by atoms with van der Waals surface area (Å²) in [5.74, 6) is -5.27. The summed E-state index contributed by atoms with van der Waals surface area (Å²) in [5, 5.41) is 0. The molecule has 31 heavy (non-hydrogen) atoms. The first kappa shape index (κ1) is 26.1. The van der Waals surface area contributed by atoms with Crippen molar-refractivity contribution in [1.29, 1.82) is 0 Å². The van der Waals surface area contributed by atoms with Crippen LogP contribution in [0.2, 0.25) is 0 Å². The van der Waals surface area contributed by atoms with Gasteiger partial charge in [-0.3, -0.25) is 4.57 Å². The van der Waals surface area contributed by atoms with E-state index >= 15 is 0 Å². The molecule has 1 saturated carbocycles. The van der Waals surface area contributed by atoms with E-state index in [0.717, 1.165) is 44.6 Å². The molecule has 0 aromatic heterocycles. The van der Waals surface area contributed by atoms with Crippen molar-refractivity contribution in [3.05, 3.63) is 29.3 Å². The van der Waals surface area contributed by atoms with Gasteiger partial charge in [0.2, 0.25) is 5.82 Å². The summed E-state index contributed by atoms with van der Waals surface area (Å²) in [6, 6.07) is 2.42. The van der Waals surface area contributed by atoms with E-state index in [2.05, 4.69) is 6.92 Å². The highest BCUT2D eigenvalue weighted by Gasteiger charge is 2.44. The van der Waals surface area contributed by atoms with E-state index in [9.17, 15) is 26.5 Å². The van der Waals surface area contributed by atoms with E-state index in [1.165, 1.54) is 18.9 Å². The van der Waals surface area contributed by atoms with Crippen LogP contribution in [-0.4, -0.2) is 28.7 Å². The molecule has 0 saturated heterocycles. The first-order valence-electron chi connectivity index (χ1n) is 10.6. The van der Waals surface area contributed by atoms with Crippen LogP contribution in [0.5, 0.6) is 5.75 Å². The molecule has 0 heterocycles. The number of hydrogen-bond donors (Lipinski definition) is 2. The van der Waals surface area contributed by atoms with Gasteiger partial charge in [-0.25, -0.2) is 4.39 Å². The van der Waals surface area contributed by atoms with Gasteiger partial charge in [-0.2, -0.15) is 17.6 Å². The van der Waals surface area contributed by atoms with E-state index < -0.39 is 49.8 Å². The fourth-order valence-corrected chi connectivity index (χ4v) is 5.03. The Morgan fingerprint density at radius 2 is 1.74 bits per heavy atom. The molecule has 1 aromatic carbocycles. The lowest BCUT2D eigenvalue weighted by Gasteiger charge is -2.29. The maximum absolute atomic E-state index is 14.6. The Labute approximate surface area is 179 Å². The number of benzene rings is 1. The molecule has 0 spiro atoms. The molecule has 2 N–H and O–H groups in total. The average Bonchev–Trinajstić information content (AvgIpc) is 2.67.